The molecule has 0 aromatic rings. The van der Waals surface area contributed by atoms with Crippen LogP contribution in [0, 0.1) is 0 Å². The second-order valence-electron chi connectivity index (χ2n) is 2.98. The van der Waals surface area contributed by atoms with Crippen molar-refractivity contribution >= 4 is 12.6 Å². The van der Waals surface area contributed by atoms with E-state index in [1.54, 1.807) is 0 Å². The molecule has 0 radical (unpaired) electrons. The Morgan fingerprint density at radius 1 is 1.33 bits per heavy atom. The van der Waals surface area contributed by atoms with Crippen molar-refractivity contribution in [2.45, 2.75) is 38.1 Å². The molecule has 0 heterocycles. The van der Waals surface area contributed by atoms with Crippen molar-refractivity contribution in [2.24, 2.45) is 0 Å². The van der Waals surface area contributed by atoms with Crippen molar-refractivity contribution in [3.05, 3.63) is 0 Å². The summed E-state index contributed by atoms with van der Waals surface area (Å²) >= 11 is 0. The summed E-state index contributed by atoms with van der Waals surface area (Å²) in [6.45, 7) is 0.151. The molecule has 0 bridgehead atoms. The maximum absolute atomic E-state index is 10.7. The zero-order chi connectivity index (χ0) is 8.81. The highest BCUT2D eigenvalue weighted by atomic mass is 16.6. The van der Waals surface area contributed by atoms with Crippen LogP contribution in [-0.4, -0.2) is 18.6 Å². The summed E-state index contributed by atoms with van der Waals surface area (Å²) in [5, 5.41) is 2.63. The molecule has 0 unspecified atom stereocenters. The fourth-order valence-electron chi connectivity index (χ4n) is 1.49. The second-order valence-corrected chi connectivity index (χ2v) is 2.98. The molecule has 4 heteroatoms. The summed E-state index contributed by atoms with van der Waals surface area (Å²) in [7, 11) is 0. The van der Waals surface area contributed by atoms with Crippen LogP contribution in [0.15, 0.2) is 0 Å². The number of hydrogen-bond donors (Lipinski definition) is 1. The third-order valence-electron chi connectivity index (χ3n) is 2.08. The van der Waals surface area contributed by atoms with Gasteiger partial charge in [0.25, 0.3) is 0 Å². The van der Waals surface area contributed by atoms with Crippen molar-refractivity contribution in [3.63, 3.8) is 0 Å². The van der Waals surface area contributed by atoms with E-state index in [1.165, 1.54) is 6.42 Å². The monoisotopic (exact) mass is 171 g/mol. The molecule has 1 aliphatic rings. The molecule has 0 aromatic carbocycles. The Hall–Kier alpha value is -1.06. The molecular weight excluding hydrogens is 158 g/mol. The van der Waals surface area contributed by atoms with E-state index in [0.717, 1.165) is 25.7 Å². The van der Waals surface area contributed by atoms with Crippen molar-refractivity contribution in [3.8, 4) is 0 Å². The van der Waals surface area contributed by atoms with Gasteiger partial charge in [-0.2, -0.15) is 0 Å². The first-order chi connectivity index (χ1) is 5.83. The van der Waals surface area contributed by atoms with Crippen LogP contribution in [0.25, 0.3) is 0 Å². The van der Waals surface area contributed by atoms with E-state index in [-0.39, 0.29) is 12.5 Å². The lowest BCUT2D eigenvalue weighted by atomic mass is 9.96. The van der Waals surface area contributed by atoms with Gasteiger partial charge in [0.2, 0.25) is 0 Å². The Kier molecular flexibility index (Phi) is 3.57. The van der Waals surface area contributed by atoms with Crippen LogP contribution in [0.1, 0.15) is 32.1 Å². The average Bonchev–Trinajstić information content (AvgIpc) is 2.06. The summed E-state index contributed by atoms with van der Waals surface area (Å²) in [6, 6.07) is 0.200. The molecule has 0 aromatic heterocycles. The number of carbonyl (C=O) groups excluding carboxylic acids is 2. The highest BCUT2D eigenvalue weighted by Gasteiger charge is 2.15. The molecule has 68 valence electrons. The Balaban J connectivity index is 2.19. The van der Waals surface area contributed by atoms with Gasteiger partial charge in [-0.05, 0) is 12.8 Å². The van der Waals surface area contributed by atoms with Gasteiger partial charge in [-0.25, -0.2) is 4.79 Å². The van der Waals surface area contributed by atoms with Gasteiger partial charge in [0.15, 0.2) is 0 Å². The number of carbonyl (C=O) groups is 2. The first-order valence-corrected chi connectivity index (χ1v) is 4.23. The molecule has 1 fully saturated rings. The summed E-state index contributed by atoms with van der Waals surface area (Å²) in [5.74, 6) is 0. The van der Waals surface area contributed by atoms with Gasteiger partial charge in [-0.3, -0.25) is 4.79 Å². The van der Waals surface area contributed by atoms with Crippen LogP contribution in [0.3, 0.4) is 0 Å². The molecule has 0 saturated heterocycles. The van der Waals surface area contributed by atoms with Crippen molar-refractivity contribution in [1.82, 2.24) is 5.32 Å². The summed E-state index contributed by atoms with van der Waals surface area (Å²) in [6.07, 6.45) is 4.89. The van der Waals surface area contributed by atoms with Crippen molar-refractivity contribution in [1.29, 1.82) is 0 Å². The third-order valence-corrected chi connectivity index (χ3v) is 2.08. The number of amides is 1. The average molecular weight is 171 g/mol. The normalized spacial score (nSPS) is 18.3. The number of rotatable bonds is 2. The molecule has 12 heavy (non-hydrogen) atoms. The molecule has 1 aliphatic carbocycles. The molecule has 0 atom stereocenters. The zero-order valence-electron chi connectivity index (χ0n) is 6.91. The lowest BCUT2D eigenvalue weighted by molar-refractivity contribution is -0.123. The predicted molar refractivity (Wildman–Crippen MR) is 42.6 cm³/mol. The predicted octanol–water partition coefficient (Wildman–Crippen LogP) is 1.20. The highest BCUT2D eigenvalue weighted by molar-refractivity contribution is 5.74. The van der Waals surface area contributed by atoms with Gasteiger partial charge in [-0.15, -0.1) is 0 Å². The Labute approximate surface area is 71.3 Å². The van der Waals surface area contributed by atoms with Crippen LogP contribution in [-0.2, 0) is 9.53 Å². The number of nitrogens with one attached hydrogen (secondary N) is 1. The quantitative estimate of drug-likeness (QED) is 0.501. The van der Waals surface area contributed by atoms with Crippen LogP contribution in [0.5, 0.6) is 0 Å². The van der Waals surface area contributed by atoms with Crippen molar-refractivity contribution < 1.29 is 14.3 Å². The molecule has 1 N–H and O–H groups in total. The van der Waals surface area contributed by atoms with Gasteiger partial charge in [-0.1, -0.05) is 19.3 Å². The fraction of sp³-hybridized carbons (Fsp3) is 0.750. The molecular formula is C8H13NO3. The van der Waals surface area contributed by atoms with E-state index in [9.17, 15) is 9.59 Å². The maximum Gasteiger partial charge on any atom is 0.414 e. The van der Waals surface area contributed by atoms with E-state index in [0.29, 0.717) is 0 Å². The van der Waals surface area contributed by atoms with Gasteiger partial charge >= 0.3 is 12.6 Å². The Bertz CT molecular complexity index is 164. The standard InChI is InChI=1S/C8H13NO3/c10-6-12-8(11)9-7-4-2-1-3-5-7/h6-7H,1-5H2,(H,9,11). The summed E-state index contributed by atoms with van der Waals surface area (Å²) < 4.78 is 4.11. The molecule has 1 amide bonds. The van der Waals surface area contributed by atoms with Crippen LogP contribution in [0.2, 0.25) is 0 Å². The van der Waals surface area contributed by atoms with Gasteiger partial charge in [0.05, 0.1) is 0 Å². The van der Waals surface area contributed by atoms with Gasteiger partial charge in [0.1, 0.15) is 0 Å². The van der Waals surface area contributed by atoms with Crippen LogP contribution in [0.4, 0.5) is 4.79 Å². The first-order valence-electron chi connectivity index (χ1n) is 4.23. The Morgan fingerprint density at radius 2 is 2.00 bits per heavy atom. The highest BCUT2D eigenvalue weighted by Crippen LogP contribution is 2.17. The fourth-order valence-corrected chi connectivity index (χ4v) is 1.49. The minimum atomic E-state index is -0.628. The molecule has 1 saturated carbocycles. The van der Waals surface area contributed by atoms with E-state index in [2.05, 4.69) is 10.1 Å². The third kappa shape index (κ3) is 2.90. The summed E-state index contributed by atoms with van der Waals surface area (Å²) in [5.41, 5.74) is 0. The molecule has 0 spiro atoms. The van der Waals surface area contributed by atoms with E-state index < -0.39 is 6.09 Å². The smallest absolute Gasteiger partial charge is 0.379 e. The lowest BCUT2D eigenvalue weighted by Gasteiger charge is -2.21. The zero-order valence-corrected chi connectivity index (χ0v) is 6.91. The molecule has 4 nitrogen and oxygen atoms in total. The van der Waals surface area contributed by atoms with Crippen LogP contribution < -0.4 is 5.32 Å². The molecule has 1 rings (SSSR count). The van der Waals surface area contributed by atoms with Gasteiger partial charge < -0.3 is 10.1 Å². The number of ether oxygens (including phenoxy) is 1. The second kappa shape index (κ2) is 4.74. The van der Waals surface area contributed by atoms with E-state index in [1.807, 2.05) is 0 Å². The largest absolute Gasteiger partial charge is 0.414 e. The number of alkyl carbamates (subject to hydrolysis) is 1. The topological polar surface area (TPSA) is 55.4 Å². The maximum atomic E-state index is 10.7. The van der Waals surface area contributed by atoms with E-state index in [4.69, 9.17) is 0 Å². The Morgan fingerprint density at radius 3 is 2.58 bits per heavy atom. The van der Waals surface area contributed by atoms with Gasteiger partial charge in [0, 0.05) is 6.04 Å². The summed E-state index contributed by atoms with van der Waals surface area (Å²) in [4.78, 5) is 20.5. The number of hydrogen-bond acceptors (Lipinski definition) is 3. The van der Waals surface area contributed by atoms with E-state index >= 15 is 0 Å². The lowest BCUT2D eigenvalue weighted by Crippen LogP contribution is -2.36. The minimum Gasteiger partial charge on any atom is -0.379 e. The van der Waals surface area contributed by atoms with Crippen molar-refractivity contribution in [2.75, 3.05) is 0 Å². The SMILES string of the molecule is O=COC(=O)NC1CCCCC1. The first kappa shape index (κ1) is 9.03. The van der Waals surface area contributed by atoms with Crippen LogP contribution >= 0.6 is 0 Å². The minimum absolute atomic E-state index is 0.151. The molecule has 0 aliphatic heterocycles.